The lowest BCUT2D eigenvalue weighted by molar-refractivity contribution is -0.137. The number of pyridine rings is 1. The molecule has 0 saturated carbocycles. The number of alkyl halides is 3. The molecule has 2 aliphatic rings. The van der Waals surface area contributed by atoms with Gasteiger partial charge >= 0.3 is 12.1 Å². The van der Waals surface area contributed by atoms with Gasteiger partial charge in [-0.3, -0.25) is 9.80 Å². The average molecular weight is 539 g/mol. The highest BCUT2D eigenvalue weighted by Crippen LogP contribution is 2.37. The first-order chi connectivity index (χ1) is 18.0. The maximum atomic E-state index is 14.4. The van der Waals surface area contributed by atoms with Crippen LogP contribution in [0.15, 0.2) is 41.6 Å². The Kier molecular flexibility index (Phi) is 7.98. The lowest BCUT2D eigenvalue weighted by Crippen LogP contribution is -2.44. The number of hydrogen-bond acceptors (Lipinski definition) is 7. The topological polar surface area (TPSA) is 87.5 Å². The zero-order valence-corrected chi connectivity index (χ0v) is 21.3. The molecule has 0 unspecified atom stereocenters. The van der Waals surface area contributed by atoms with Crippen LogP contribution in [0.3, 0.4) is 0 Å². The summed E-state index contributed by atoms with van der Waals surface area (Å²) < 4.78 is 66.3. The summed E-state index contributed by atoms with van der Waals surface area (Å²) in [5, 5.41) is 14.1. The van der Waals surface area contributed by atoms with Crippen molar-refractivity contribution in [2.45, 2.75) is 51.9 Å². The van der Waals surface area contributed by atoms with Crippen LogP contribution in [0.1, 0.15) is 33.6 Å². The first-order valence-electron chi connectivity index (χ1n) is 12.4. The zero-order chi connectivity index (χ0) is 27.6. The van der Waals surface area contributed by atoms with Gasteiger partial charge in [-0.15, -0.1) is 0 Å². The van der Waals surface area contributed by atoms with Gasteiger partial charge in [-0.05, 0) is 31.2 Å². The number of hydrogen-bond donors (Lipinski definition) is 1. The fraction of sp³-hybridized carbons (Fsp3) is 0.500. The SMILES string of the molecule is CCOc1cc(N2CC[C@@H](Oc3ccc(N4N=C(C(F)(F)F)[C@@H](C)[C@@H]4CC(=O)O)cc3)[C@H](C)C2)c(F)cn1. The molecule has 4 rings (SSSR count). The van der Waals surface area contributed by atoms with E-state index in [4.69, 9.17) is 9.47 Å². The summed E-state index contributed by atoms with van der Waals surface area (Å²) in [4.78, 5) is 17.2. The first kappa shape index (κ1) is 27.5. The lowest BCUT2D eigenvalue weighted by atomic mass is 9.94. The van der Waals surface area contributed by atoms with E-state index in [0.717, 1.165) is 11.2 Å². The van der Waals surface area contributed by atoms with E-state index < -0.39 is 42.1 Å². The normalized spacial score (nSPS) is 23.8. The zero-order valence-electron chi connectivity index (χ0n) is 21.3. The van der Waals surface area contributed by atoms with E-state index in [2.05, 4.69) is 10.1 Å². The Hall–Kier alpha value is -3.57. The van der Waals surface area contributed by atoms with E-state index in [-0.39, 0.29) is 12.0 Å². The fourth-order valence-corrected chi connectivity index (χ4v) is 4.93. The van der Waals surface area contributed by atoms with Crippen LogP contribution in [0, 0.1) is 17.7 Å². The number of ether oxygens (including phenoxy) is 2. The van der Waals surface area contributed by atoms with E-state index in [0.29, 0.717) is 49.1 Å². The van der Waals surface area contributed by atoms with Crippen LogP contribution >= 0.6 is 0 Å². The molecule has 1 saturated heterocycles. The van der Waals surface area contributed by atoms with E-state index in [1.807, 2.05) is 18.7 Å². The first-order valence-corrected chi connectivity index (χ1v) is 12.4. The molecule has 2 aromatic rings. The summed E-state index contributed by atoms with van der Waals surface area (Å²) >= 11 is 0. The molecule has 38 heavy (non-hydrogen) atoms. The van der Waals surface area contributed by atoms with Crippen LogP contribution in [0.5, 0.6) is 11.6 Å². The molecule has 0 spiro atoms. The molecule has 0 radical (unpaired) electrons. The van der Waals surface area contributed by atoms with E-state index >= 15 is 0 Å². The molecule has 4 atom stereocenters. The van der Waals surface area contributed by atoms with Gasteiger partial charge in [-0.2, -0.15) is 18.3 Å². The minimum atomic E-state index is -4.65. The number of hydrazone groups is 1. The van der Waals surface area contributed by atoms with Gasteiger partial charge in [0.05, 0.1) is 36.6 Å². The van der Waals surface area contributed by atoms with E-state index in [1.165, 1.54) is 6.92 Å². The number of halogens is 4. The van der Waals surface area contributed by atoms with Gasteiger partial charge in [0, 0.05) is 37.4 Å². The molecule has 12 heteroatoms. The Morgan fingerprint density at radius 2 is 1.92 bits per heavy atom. The third-order valence-corrected chi connectivity index (χ3v) is 6.87. The van der Waals surface area contributed by atoms with Crippen molar-refractivity contribution in [2.75, 3.05) is 29.6 Å². The smallest absolute Gasteiger partial charge is 0.431 e. The summed E-state index contributed by atoms with van der Waals surface area (Å²) in [5.41, 5.74) is -0.229. The number of rotatable bonds is 8. The van der Waals surface area contributed by atoms with Gasteiger partial charge in [0.2, 0.25) is 5.88 Å². The maximum Gasteiger partial charge on any atom is 0.431 e. The predicted molar refractivity (Wildman–Crippen MR) is 133 cm³/mol. The molecule has 1 aromatic carbocycles. The molecule has 2 aliphatic heterocycles. The fourth-order valence-electron chi connectivity index (χ4n) is 4.93. The number of aromatic nitrogens is 1. The van der Waals surface area contributed by atoms with E-state index in [9.17, 15) is 27.5 Å². The summed E-state index contributed by atoms with van der Waals surface area (Å²) in [6, 6.07) is 7.04. The average Bonchev–Trinajstić information content (AvgIpc) is 3.18. The molecule has 1 fully saturated rings. The van der Waals surface area contributed by atoms with Crippen LogP contribution < -0.4 is 19.4 Å². The number of aliphatic carboxylic acids is 1. The minimum Gasteiger partial charge on any atom is -0.490 e. The van der Waals surface area contributed by atoms with Crippen molar-refractivity contribution in [3.8, 4) is 11.6 Å². The Balaban J connectivity index is 1.43. The van der Waals surface area contributed by atoms with Gasteiger partial charge in [-0.1, -0.05) is 13.8 Å². The Morgan fingerprint density at radius 1 is 1.21 bits per heavy atom. The van der Waals surface area contributed by atoms with Crippen molar-refractivity contribution in [1.29, 1.82) is 0 Å². The van der Waals surface area contributed by atoms with Crippen LogP contribution in [0.4, 0.5) is 28.9 Å². The van der Waals surface area contributed by atoms with Crippen molar-refractivity contribution >= 4 is 23.1 Å². The Labute approximate surface area is 217 Å². The van der Waals surface area contributed by atoms with Crippen molar-refractivity contribution in [2.24, 2.45) is 16.9 Å². The molecule has 0 amide bonds. The highest BCUT2D eigenvalue weighted by atomic mass is 19.4. The molecule has 1 aromatic heterocycles. The summed E-state index contributed by atoms with van der Waals surface area (Å²) in [6.07, 6.45) is -3.52. The third-order valence-electron chi connectivity index (χ3n) is 6.87. The standard InChI is InChI=1S/C26H30F4N4O4/c1-4-37-23-11-21(19(27)13-31-23)33-10-9-22(15(2)14-33)38-18-7-5-17(6-8-18)34-20(12-24(35)36)16(3)25(32-34)26(28,29)30/h5-8,11,13,15-16,20,22H,4,9-10,12,14H2,1-3H3,(H,35,36)/t15-,16+,20+,22-/m1/s1. The number of nitrogens with zero attached hydrogens (tertiary/aromatic N) is 4. The molecule has 1 N–H and O–H groups in total. The van der Waals surface area contributed by atoms with Crippen molar-refractivity contribution < 1.29 is 36.9 Å². The highest BCUT2D eigenvalue weighted by Gasteiger charge is 2.48. The molecule has 3 heterocycles. The van der Waals surface area contributed by atoms with Crippen LogP contribution in [-0.4, -0.2) is 59.8 Å². The van der Waals surface area contributed by atoms with Crippen LogP contribution in [-0.2, 0) is 4.79 Å². The van der Waals surface area contributed by atoms with Crippen molar-refractivity contribution in [1.82, 2.24) is 4.98 Å². The largest absolute Gasteiger partial charge is 0.490 e. The maximum absolute atomic E-state index is 14.4. The Morgan fingerprint density at radius 3 is 2.53 bits per heavy atom. The van der Waals surface area contributed by atoms with Crippen molar-refractivity contribution in [3.63, 3.8) is 0 Å². The third kappa shape index (κ3) is 5.94. The van der Waals surface area contributed by atoms with Gasteiger partial charge in [0.1, 0.15) is 17.6 Å². The lowest BCUT2D eigenvalue weighted by Gasteiger charge is -2.38. The van der Waals surface area contributed by atoms with Crippen molar-refractivity contribution in [3.05, 3.63) is 42.3 Å². The summed E-state index contributed by atoms with van der Waals surface area (Å²) in [5.74, 6) is -1.79. The summed E-state index contributed by atoms with van der Waals surface area (Å²) in [7, 11) is 0. The quantitative estimate of drug-likeness (QED) is 0.466. The van der Waals surface area contributed by atoms with Gasteiger partial charge < -0.3 is 19.5 Å². The number of piperidine rings is 1. The molecule has 0 bridgehead atoms. The second kappa shape index (κ2) is 11.0. The number of carbonyl (C=O) groups is 1. The highest BCUT2D eigenvalue weighted by molar-refractivity contribution is 5.95. The number of carboxylic acids is 1. The Bertz CT molecular complexity index is 1170. The second-order valence-corrected chi connectivity index (χ2v) is 9.55. The number of anilines is 2. The van der Waals surface area contributed by atoms with E-state index in [1.54, 1.807) is 30.3 Å². The molecule has 0 aliphatic carbocycles. The summed E-state index contributed by atoms with van der Waals surface area (Å²) in [6.45, 7) is 6.69. The molecule has 8 nitrogen and oxygen atoms in total. The molecular formula is C26H30F4N4O4. The second-order valence-electron chi connectivity index (χ2n) is 9.55. The van der Waals surface area contributed by atoms with Gasteiger partial charge in [-0.25, -0.2) is 9.37 Å². The number of carboxylic acid groups (broad SMARTS) is 1. The monoisotopic (exact) mass is 538 g/mol. The predicted octanol–water partition coefficient (Wildman–Crippen LogP) is 5.13. The van der Waals surface area contributed by atoms with Gasteiger partial charge in [0.25, 0.3) is 0 Å². The van der Waals surface area contributed by atoms with Crippen LogP contribution in [0.2, 0.25) is 0 Å². The molecule has 206 valence electrons. The minimum absolute atomic E-state index is 0.0462. The molecular weight excluding hydrogens is 508 g/mol. The number of benzene rings is 1. The van der Waals surface area contributed by atoms with Gasteiger partial charge in [0.15, 0.2) is 5.82 Å². The van der Waals surface area contributed by atoms with Crippen LogP contribution in [0.25, 0.3) is 0 Å².